The third kappa shape index (κ3) is 5.19. The maximum absolute atomic E-state index is 12.7. The molecule has 0 bridgehead atoms. The Balaban J connectivity index is 3.31. The SMILES string of the molecule is CCOC(=O)[C@@]1(N(C(=O)OC(C)(C)C)C(=O)OC(C)(C)C)C[C@H]1CC=O. The molecule has 0 saturated heterocycles. The van der Waals surface area contributed by atoms with Crippen LogP contribution >= 0.6 is 0 Å². The second kappa shape index (κ2) is 7.63. The van der Waals surface area contributed by atoms with E-state index in [1.54, 1.807) is 48.5 Å². The van der Waals surface area contributed by atoms with Gasteiger partial charge < -0.3 is 19.0 Å². The fraction of sp³-hybridized carbons (Fsp3) is 0.778. The minimum atomic E-state index is -1.58. The van der Waals surface area contributed by atoms with Crippen LogP contribution < -0.4 is 0 Å². The zero-order valence-electron chi connectivity index (χ0n) is 16.6. The first-order chi connectivity index (χ1) is 11.8. The maximum atomic E-state index is 12.7. The largest absolute Gasteiger partial charge is 0.464 e. The van der Waals surface area contributed by atoms with E-state index in [0.29, 0.717) is 11.2 Å². The highest BCUT2D eigenvalue weighted by molar-refractivity contribution is 5.99. The number of hydrogen-bond donors (Lipinski definition) is 0. The molecule has 1 fully saturated rings. The smallest absolute Gasteiger partial charge is 0.420 e. The number of hydrogen-bond acceptors (Lipinski definition) is 7. The van der Waals surface area contributed by atoms with E-state index < -0.39 is 40.8 Å². The minimum absolute atomic E-state index is 0.0148. The maximum Gasteiger partial charge on any atom is 0.420 e. The average molecular weight is 371 g/mol. The number of carbonyl (C=O) groups excluding carboxylic acids is 4. The van der Waals surface area contributed by atoms with Gasteiger partial charge in [0.1, 0.15) is 17.5 Å². The van der Waals surface area contributed by atoms with Gasteiger partial charge in [0.05, 0.1) is 6.61 Å². The summed E-state index contributed by atoms with van der Waals surface area (Å²) in [6.07, 6.45) is -1.22. The normalized spacial score (nSPS) is 22.2. The van der Waals surface area contributed by atoms with E-state index in [2.05, 4.69) is 0 Å². The number of rotatable bonds is 5. The van der Waals surface area contributed by atoms with Crippen LogP contribution in [0.15, 0.2) is 0 Å². The van der Waals surface area contributed by atoms with Crippen LogP contribution in [-0.2, 0) is 23.8 Å². The van der Waals surface area contributed by atoms with Gasteiger partial charge in [0, 0.05) is 12.3 Å². The predicted molar refractivity (Wildman–Crippen MR) is 92.5 cm³/mol. The Bertz CT molecular complexity index is 545. The molecule has 8 heteroatoms. The Morgan fingerprint density at radius 2 is 1.50 bits per heavy atom. The zero-order chi connectivity index (χ0) is 20.3. The molecule has 148 valence electrons. The summed E-state index contributed by atoms with van der Waals surface area (Å²) >= 11 is 0. The number of aldehydes is 1. The molecule has 1 rings (SSSR count). The summed E-state index contributed by atoms with van der Waals surface area (Å²) in [6, 6.07) is 0. The summed E-state index contributed by atoms with van der Waals surface area (Å²) in [4.78, 5) is 49.7. The standard InChI is InChI=1S/C18H29NO7/c1-8-24-13(21)18(11-12(18)9-10-20)19(14(22)25-16(2,3)4)15(23)26-17(5,6)7/h10,12H,8-9,11H2,1-7H3/t12-,18-/m1/s1. The van der Waals surface area contributed by atoms with Crippen molar-refractivity contribution in [2.45, 2.75) is 78.0 Å². The molecule has 0 aliphatic heterocycles. The van der Waals surface area contributed by atoms with E-state index in [1.165, 1.54) is 0 Å². The van der Waals surface area contributed by atoms with Crippen molar-refractivity contribution in [2.75, 3.05) is 6.61 Å². The third-order valence-corrected chi connectivity index (χ3v) is 3.63. The Kier molecular flexibility index (Phi) is 6.44. The molecule has 8 nitrogen and oxygen atoms in total. The molecule has 1 aliphatic carbocycles. The van der Waals surface area contributed by atoms with Crippen molar-refractivity contribution in [3.63, 3.8) is 0 Å². The summed E-state index contributed by atoms with van der Waals surface area (Å²) in [5.74, 6) is -1.28. The molecule has 0 radical (unpaired) electrons. The first-order valence-corrected chi connectivity index (χ1v) is 8.65. The molecule has 0 aromatic carbocycles. The zero-order valence-corrected chi connectivity index (χ0v) is 16.6. The van der Waals surface area contributed by atoms with Gasteiger partial charge in [-0.05, 0) is 54.9 Å². The van der Waals surface area contributed by atoms with Crippen LogP contribution in [0.25, 0.3) is 0 Å². The summed E-state index contributed by atoms with van der Waals surface area (Å²) in [5, 5.41) is 0. The molecule has 1 aliphatic rings. The summed E-state index contributed by atoms with van der Waals surface area (Å²) < 4.78 is 15.7. The van der Waals surface area contributed by atoms with Crippen LogP contribution in [0.4, 0.5) is 9.59 Å². The van der Waals surface area contributed by atoms with Crippen molar-refractivity contribution in [1.29, 1.82) is 0 Å². The number of esters is 1. The van der Waals surface area contributed by atoms with Gasteiger partial charge in [0.25, 0.3) is 0 Å². The van der Waals surface area contributed by atoms with E-state index in [1.807, 2.05) is 0 Å². The van der Waals surface area contributed by atoms with Crippen molar-refractivity contribution in [1.82, 2.24) is 4.90 Å². The lowest BCUT2D eigenvalue weighted by molar-refractivity contribution is -0.151. The van der Waals surface area contributed by atoms with Crippen molar-refractivity contribution in [3.05, 3.63) is 0 Å². The Morgan fingerprint density at radius 3 is 1.85 bits per heavy atom. The van der Waals surface area contributed by atoms with Crippen LogP contribution in [0.1, 0.15) is 61.3 Å². The fourth-order valence-corrected chi connectivity index (χ4v) is 2.60. The molecular weight excluding hydrogens is 342 g/mol. The number of ether oxygens (including phenoxy) is 3. The van der Waals surface area contributed by atoms with Crippen molar-refractivity contribution >= 4 is 24.4 Å². The van der Waals surface area contributed by atoms with Crippen molar-refractivity contribution in [2.24, 2.45) is 5.92 Å². The Morgan fingerprint density at radius 1 is 1.04 bits per heavy atom. The highest BCUT2D eigenvalue weighted by Crippen LogP contribution is 2.52. The highest BCUT2D eigenvalue weighted by Gasteiger charge is 2.69. The topological polar surface area (TPSA) is 99.2 Å². The lowest BCUT2D eigenvalue weighted by Gasteiger charge is -2.33. The molecule has 2 atom stereocenters. The summed E-state index contributed by atoms with van der Waals surface area (Å²) in [7, 11) is 0. The molecule has 0 heterocycles. The number of imide groups is 1. The summed E-state index contributed by atoms with van der Waals surface area (Å²) in [6.45, 7) is 11.6. The molecular formula is C18H29NO7. The van der Waals surface area contributed by atoms with Gasteiger partial charge in [-0.3, -0.25) is 0 Å². The first-order valence-electron chi connectivity index (χ1n) is 8.65. The van der Waals surface area contributed by atoms with Gasteiger partial charge >= 0.3 is 18.2 Å². The van der Waals surface area contributed by atoms with Crippen LogP contribution in [0, 0.1) is 5.92 Å². The third-order valence-electron chi connectivity index (χ3n) is 3.63. The Hall–Kier alpha value is -2.12. The van der Waals surface area contributed by atoms with E-state index in [9.17, 15) is 19.2 Å². The number of carbonyl (C=O) groups is 4. The van der Waals surface area contributed by atoms with Crippen molar-refractivity contribution in [3.8, 4) is 0 Å². The minimum Gasteiger partial charge on any atom is -0.464 e. The van der Waals surface area contributed by atoms with Gasteiger partial charge in [-0.25, -0.2) is 14.4 Å². The second-order valence-electron chi connectivity index (χ2n) is 8.24. The number of amides is 2. The van der Waals surface area contributed by atoms with Gasteiger partial charge in [0.2, 0.25) is 0 Å². The molecule has 2 amide bonds. The predicted octanol–water partition coefficient (Wildman–Crippen LogP) is 3.07. The molecule has 0 N–H and O–H groups in total. The van der Waals surface area contributed by atoms with Gasteiger partial charge in [-0.1, -0.05) is 0 Å². The van der Waals surface area contributed by atoms with Crippen LogP contribution in [0.3, 0.4) is 0 Å². The average Bonchev–Trinajstić information content (AvgIpc) is 3.10. The molecule has 26 heavy (non-hydrogen) atoms. The quantitative estimate of drug-likeness (QED) is 0.416. The molecule has 0 spiro atoms. The Labute approximate surface area is 154 Å². The van der Waals surface area contributed by atoms with E-state index in [0.717, 1.165) is 0 Å². The second-order valence-corrected chi connectivity index (χ2v) is 8.24. The highest BCUT2D eigenvalue weighted by atomic mass is 16.6. The monoisotopic (exact) mass is 371 g/mol. The molecule has 1 saturated carbocycles. The van der Waals surface area contributed by atoms with E-state index in [-0.39, 0.29) is 19.4 Å². The van der Waals surface area contributed by atoms with Gasteiger partial charge in [-0.15, -0.1) is 0 Å². The lowest BCUT2D eigenvalue weighted by atomic mass is 10.1. The molecule has 0 unspecified atom stereocenters. The van der Waals surface area contributed by atoms with E-state index in [4.69, 9.17) is 14.2 Å². The lowest BCUT2D eigenvalue weighted by Crippen LogP contribution is -2.55. The van der Waals surface area contributed by atoms with Crippen LogP contribution in [0.5, 0.6) is 0 Å². The molecule has 0 aromatic heterocycles. The van der Waals surface area contributed by atoms with Gasteiger partial charge in [-0.2, -0.15) is 4.90 Å². The van der Waals surface area contributed by atoms with Crippen LogP contribution in [0.2, 0.25) is 0 Å². The molecule has 0 aromatic rings. The van der Waals surface area contributed by atoms with Gasteiger partial charge in [0.15, 0.2) is 5.54 Å². The van der Waals surface area contributed by atoms with Crippen LogP contribution in [-0.4, -0.2) is 52.7 Å². The first kappa shape index (κ1) is 21.9. The van der Waals surface area contributed by atoms with E-state index >= 15 is 0 Å². The number of nitrogens with zero attached hydrogens (tertiary/aromatic N) is 1. The summed E-state index contributed by atoms with van der Waals surface area (Å²) in [5.41, 5.74) is -3.36. The fourth-order valence-electron chi connectivity index (χ4n) is 2.60. The van der Waals surface area contributed by atoms with Crippen molar-refractivity contribution < 1.29 is 33.4 Å².